The van der Waals surface area contributed by atoms with E-state index in [1.54, 1.807) is 30.3 Å². The number of rotatable bonds is 5. The van der Waals surface area contributed by atoms with Crippen molar-refractivity contribution >= 4 is 22.1 Å². The van der Waals surface area contributed by atoms with Gasteiger partial charge in [0.1, 0.15) is 24.2 Å². The van der Waals surface area contributed by atoms with E-state index in [9.17, 15) is 22.7 Å². The van der Waals surface area contributed by atoms with Gasteiger partial charge in [-0.3, -0.25) is 4.99 Å². The highest BCUT2D eigenvalue weighted by molar-refractivity contribution is 9.10. The van der Waals surface area contributed by atoms with Crippen LogP contribution in [0.15, 0.2) is 76.2 Å². The molecule has 0 aliphatic carbocycles. The Hall–Kier alpha value is -2.71. The second-order valence-corrected chi connectivity index (χ2v) is 8.01. The van der Waals surface area contributed by atoms with Crippen LogP contribution in [0.1, 0.15) is 28.3 Å². The molecule has 0 aromatic heterocycles. The minimum Gasteiger partial charge on any atom is -0.489 e. The quantitative estimate of drug-likeness (QED) is 0.447. The largest absolute Gasteiger partial charge is 0.489 e. The number of aliphatic hydroxyl groups is 1. The Balaban J connectivity index is 1.65. The number of aliphatic imine (C=N–C) groups is 1. The molecule has 0 saturated heterocycles. The van der Waals surface area contributed by atoms with Gasteiger partial charge >= 0.3 is 6.18 Å². The predicted molar refractivity (Wildman–Crippen MR) is 112 cm³/mol. The van der Waals surface area contributed by atoms with Crippen molar-refractivity contribution in [2.45, 2.75) is 17.8 Å². The van der Waals surface area contributed by atoms with Gasteiger partial charge in [0.05, 0.1) is 4.47 Å². The molecule has 0 saturated carbocycles. The van der Waals surface area contributed by atoms with Crippen LogP contribution < -0.4 is 4.74 Å². The molecule has 0 spiro atoms. The molecular formula is C23H16BrF4NO2. The van der Waals surface area contributed by atoms with Crippen molar-refractivity contribution in [3.8, 4) is 5.75 Å². The molecule has 0 amide bonds. The number of alkyl halides is 3. The standard InChI is InChI=1S/C23H16BrF4NO2/c24-19-3-1-2-4-20(19)31-13-22(30,23(26,27)28)16-7-10-18-15(11-16)12-29-21(18)14-5-8-17(25)9-6-14/h1-12,21,30H,13H2. The number of para-hydroxylation sites is 1. The second kappa shape index (κ2) is 8.09. The molecule has 1 aliphatic rings. The summed E-state index contributed by atoms with van der Waals surface area (Å²) in [5.41, 5.74) is -1.73. The Morgan fingerprint density at radius 3 is 2.39 bits per heavy atom. The molecule has 2 unspecified atom stereocenters. The lowest BCUT2D eigenvalue weighted by Crippen LogP contribution is -2.47. The highest BCUT2D eigenvalue weighted by Gasteiger charge is 2.56. The summed E-state index contributed by atoms with van der Waals surface area (Å²) < 4.78 is 60.7. The molecular weight excluding hydrogens is 478 g/mol. The summed E-state index contributed by atoms with van der Waals surface area (Å²) in [4.78, 5) is 4.35. The third-order valence-corrected chi connectivity index (χ3v) is 5.80. The summed E-state index contributed by atoms with van der Waals surface area (Å²) in [5, 5.41) is 10.7. The number of hydrogen-bond acceptors (Lipinski definition) is 3. The van der Waals surface area contributed by atoms with Crippen LogP contribution in [0, 0.1) is 5.82 Å². The molecule has 160 valence electrons. The number of hydrogen-bond donors (Lipinski definition) is 1. The summed E-state index contributed by atoms with van der Waals surface area (Å²) in [6.07, 6.45) is -3.52. The van der Waals surface area contributed by atoms with E-state index in [1.165, 1.54) is 42.6 Å². The molecule has 2 atom stereocenters. The lowest BCUT2D eigenvalue weighted by Gasteiger charge is -2.31. The molecule has 1 N–H and O–H groups in total. The monoisotopic (exact) mass is 493 g/mol. The first kappa shape index (κ1) is 21.5. The van der Waals surface area contributed by atoms with Crippen LogP contribution in [0.4, 0.5) is 17.6 Å². The van der Waals surface area contributed by atoms with E-state index >= 15 is 0 Å². The van der Waals surface area contributed by atoms with Gasteiger partial charge in [0.2, 0.25) is 5.60 Å². The summed E-state index contributed by atoms with van der Waals surface area (Å²) in [6, 6.07) is 15.8. The lowest BCUT2D eigenvalue weighted by molar-refractivity contribution is -0.275. The first-order valence-electron chi connectivity index (χ1n) is 9.28. The van der Waals surface area contributed by atoms with Gasteiger partial charge in [-0.1, -0.05) is 36.4 Å². The molecule has 1 heterocycles. The second-order valence-electron chi connectivity index (χ2n) is 7.15. The lowest BCUT2D eigenvalue weighted by atomic mass is 9.89. The molecule has 3 aromatic rings. The van der Waals surface area contributed by atoms with Crippen LogP contribution in [-0.4, -0.2) is 24.1 Å². The fourth-order valence-corrected chi connectivity index (χ4v) is 3.81. The van der Waals surface area contributed by atoms with Crippen molar-refractivity contribution in [3.63, 3.8) is 0 Å². The van der Waals surface area contributed by atoms with Crippen molar-refractivity contribution < 1.29 is 27.4 Å². The average Bonchev–Trinajstić information content (AvgIpc) is 3.16. The zero-order valence-electron chi connectivity index (χ0n) is 15.9. The van der Waals surface area contributed by atoms with Gasteiger partial charge in [-0.15, -0.1) is 0 Å². The van der Waals surface area contributed by atoms with Crippen LogP contribution >= 0.6 is 15.9 Å². The Morgan fingerprint density at radius 2 is 1.71 bits per heavy atom. The molecule has 3 nitrogen and oxygen atoms in total. The van der Waals surface area contributed by atoms with Crippen LogP contribution in [0.2, 0.25) is 0 Å². The molecule has 8 heteroatoms. The summed E-state index contributed by atoms with van der Waals surface area (Å²) in [5.74, 6) is -0.203. The highest BCUT2D eigenvalue weighted by Crippen LogP contribution is 2.42. The minimum atomic E-state index is -4.98. The normalized spacial score (nSPS) is 17.3. The highest BCUT2D eigenvalue weighted by atomic mass is 79.9. The number of benzene rings is 3. The van der Waals surface area contributed by atoms with Crippen LogP contribution in [0.5, 0.6) is 5.75 Å². The van der Waals surface area contributed by atoms with Crippen molar-refractivity contribution in [2.24, 2.45) is 4.99 Å². The number of nitrogens with zero attached hydrogens (tertiary/aromatic N) is 1. The van der Waals surface area contributed by atoms with Crippen LogP contribution in [0.3, 0.4) is 0 Å². The van der Waals surface area contributed by atoms with Gasteiger partial charge < -0.3 is 9.84 Å². The van der Waals surface area contributed by atoms with E-state index in [2.05, 4.69) is 20.9 Å². The topological polar surface area (TPSA) is 41.8 Å². The summed E-state index contributed by atoms with van der Waals surface area (Å²) >= 11 is 3.22. The Labute approximate surface area is 184 Å². The number of ether oxygens (including phenoxy) is 1. The SMILES string of the molecule is OC(COc1ccccc1Br)(c1ccc2c(c1)C=NC2c1ccc(F)cc1)C(F)(F)F. The molecule has 4 rings (SSSR count). The van der Waals surface area contributed by atoms with Crippen molar-refractivity contribution in [1.82, 2.24) is 0 Å². The first-order chi connectivity index (χ1) is 14.7. The maximum atomic E-state index is 13.9. The molecule has 3 aromatic carbocycles. The van der Waals surface area contributed by atoms with Crippen molar-refractivity contribution in [1.29, 1.82) is 0 Å². The Kier molecular flexibility index (Phi) is 5.61. The minimum absolute atomic E-state index is 0.185. The molecule has 31 heavy (non-hydrogen) atoms. The van der Waals surface area contributed by atoms with Crippen molar-refractivity contribution in [2.75, 3.05) is 6.61 Å². The summed E-state index contributed by atoms with van der Waals surface area (Å²) in [6.45, 7) is -1.02. The Bertz CT molecular complexity index is 1130. The zero-order valence-corrected chi connectivity index (χ0v) is 17.5. The van der Waals surface area contributed by atoms with E-state index in [0.29, 0.717) is 21.2 Å². The van der Waals surface area contributed by atoms with Gasteiger partial charge in [-0.25, -0.2) is 4.39 Å². The fourth-order valence-electron chi connectivity index (χ4n) is 3.41. The first-order valence-corrected chi connectivity index (χ1v) is 10.1. The van der Waals surface area contributed by atoms with Gasteiger partial charge in [0.25, 0.3) is 0 Å². The van der Waals surface area contributed by atoms with Crippen molar-refractivity contribution in [3.05, 3.63) is 99.3 Å². The van der Waals surface area contributed by atoms with Gasteiger partial charge in [-0.05, 0) is 68.5 Å². The molecule has 0 radical (unpaired) electrons. The maximum absolute atomic E-state index is 13.9. The van der Waals surface area contributed by atoms with E-state index in [4.69, 9.17) is 4.74 Å². The zero-order chi connectivity index (χ0) is 22.2. The number of halogens is 5. The van der Waals surface area contributed by atoms with E-state index in [1.807, 2.05) is 0 Å². The van der Waals surface area contributed by atoms with E-state index < -0.39 is 24.4 Å². The average molecular weight is 494 g/mol. The van der Waals surface area contributed by atoms with Gasteiger partial charge in [0, 0.05) is 6.21 Å². The smallest absolute Gasteiger partial charge is 0.424 e. The Morgan fingerprint density at radius 1 is 1.00 bits per heavy atom. The third-order valence-electron chi connectivity index (χ3n) is 5.15. The fraction of sp³-hybridized carbons (Fsp3) is 0.174. The van der Waals surface area contributed by atoms with Crippen LogP contribution in [-0.2, 0) is 5.60 Å². The third kappa shape index (κ3) is 4.09. The number of fused-ring (bicyclic) bond motifs is 1. The van der Waals surface area contributed by atoms with Gasteiger partial charge in [0.15, 0.2) is 0 Å². The molecule has 0 bridgehead atoms. The predicted octanol–water partition coefficient (Wildman–Crippen LogP) is 5.94. The maximum Gasteiger partial charge on any atom is 0.424 e. The molecule has 0 fully saturated rings. The van der Waals surface area contributed by atoms with Crippen LogP contribution in [0.25, 0.3) is 0 Å². The van der Waals surface area contributed by atoms with E-state index in [0.717, 1.165) is 0 Å². The molecule has 1 aliphatic heterocycles. The van der Waals surface area contributed by atoms with Gasteiger partial charge in [-0.2, -0.15) is 13.2 Å². The summed E-state index contributed by atoms with van der Waals surface area (Å²) in [7, 11) is 0. The van der Waals surface area contributed by atoms with E-state index in [-0.39, 0.29) is 17.1 Å².